The van der Waals surface area contributed by atoms with E-state index in [-0.39, 0.29) is 11.9 Å². The van der Waals surface area contributed by atoms with Gasteiger partial charge >= 0.3 is 0 Å². The summed E-state index contributed by atoms with van der Waals surface area (Å²) in [5, 5.41) is 8.56. The fourth-order valence-electron chi connectivity index (χ4n) is 3.35. The Labute approximate surface area is 147 Å². The van der Waals surface area contributed by atoms with Crippen molar-refractivity contribution in [2.45, 2.75) is 65.3 Å². The third kappa shape index (κ3) is 3.53. The summed E-state index contributed by atoms with van der Waals surface area (Å²) in [4.78, 5) is 18.5. The molecular formula is C18H26N4OS. The van der Waals surface area contributed by atoms with Crippen LogP contribution in [0.5, 0.6) is 0 Å². The highest BCUT2D eigenvalue weighted by Gasteiger charge is 2.20. The first kappa shape index (κ1) is 17.1. The Morgan fingerprint density at radius 2 is 2.08 bits per heavy atom. The number of carbonyl (C=O) groups excluding carboxylic acids is 1. The summed E-state index contributed by atoms with van der Waals surface area (Å²) in [5.74, 6) is 0.0818. The van der Waals surface area contributed by atoms with Gasteiger partial charge < -0.3 is 5.32 Å². The maximum absolute atomic E-state index is 12.3. The molecule has 0 unspecified atom stereocenters. The first-order valence-electron chi connectivity index (χ1n) is 8.72. The molecule has 0 fully saturated rings. The number of nitrogens with zero attached hydrogens (tertiary/aromatic N) is 3. The molecule has 1 aliphatic carbocycles. The molecule has 0 radical (unpaired) electrons. The van der Waals surface area contributed by atoms with Gasteiger partial charge in [-0.05, 0) is 58.4 Å². The van der Waals surface area contributed by atoms with E-state index in [1.54, 1.807) is 11.3 Å². The molecule has 0 aromatic carbocycles. The van der Waals surface area contributed by atoms with Crippen LogP contribution < -0.4 is 5.32 Å². The van der Waals surface area contributed by atoms with E-state index in [4.69, 9.17) is 4.98 Å². The number of rotatable bonds is 5. The van der Waals surface area contributed by atoms with Crippen LogP contribution in [0.4, 0.5) is 0 Å². The van der Waals surface area contributed by atoms with Crippen molar-refractivity contribution in [3.05, 3.63) is 32.5 Å². The Hall–Kier alpha value is -1.69. The molecule has 1 N–H and O–H groups in total. The van der Waals surface area contributed by atoms with Gasteiger partial charge in [-0.3, -0.25) is 9.48 Å². The number of nitrogens with one attached hydrogen (secondary N) is 1. The SMILES string of the molecule is Cc1nn(C)c(C)c1CCC(=O)N[C@H](C)c1nc2c(s1)CCCC2. The third-order valence-corrected chi connectivity index (χ3v) is 6.21. The molecule has 2 aromatic heterocycles. The minimum absolute atomic E-state index is 0.0100. The van der Waals surface area contributed by atoms with Crippen LogP contribution in [0.25, 0.3) is 0 Å². The van der Waals surface area contributed by atoms with E-state index in [0.29, 0.717) is 6.42 Å². The minimum Gasteiger partial charge on any atom is -0.347 e. The molecule has 1 atom stereocenters. The first-order valence-corrected chi connectivity index (χ1v) is 9.54. The molecule has 3 rings (SSSR count). The Morgan fingerprint density at radius 1 is 1.33 bits per heavy atom. The molecule has 0 saturated heterocycles. The number of thiazole rings is 1. The van der Waals surface area contributed by atoms with E-state index < -0.39 is 0 Å². The van der Waals surface area contributed by atoms with Crippen LogP contribution in [0.15, 0.2) is 0 Å². The summed E-state index contributed by atoms with van der Waals surface area (Å²) in [6.07, 6.45) is 5.96. The van der Waals surface area contributed by atoms with Crippen molar-refractivity contribution in [2.75, 3.05) is 0 Å². The Kier molecular flexibility index (Phi) is 5.04. The van der Waals surface area contributed by atoms with Gasteiger partial charge in [-0.25, -0.2) is 4.98 Å². The Balaban J connectivity index is 1.57. The summed E-state index contributed by atoms with van der Waals surface area (Å²) < 4.78 is 1.88. The molecule has 2 aromatic rings. The van der Waals surface area contributed by atoms with Crippen molar-refractivity contribution in [2.24, 2.45) is 7.05 Å². The van der Waals surface area contributed by atoms with Crippen molar-refractivity contribution < 1.29 is 4.79 Å². The molecule has 5 nitrogen and oxygen atoms in total. The molecule has 2 heterocycles. The summed E-state index contributed by atoms with van der Waals surface area (Å²) >= 11 is 1.77. The van der Waals surface area contributed by atoms with Crippen LogP contribution in [-0.4, -0.2) is 20.7 Å². The Bertz CT molecular complexity index is 723. The maximum atomic E-state index is 12.3. The van der Waals surface area contributed by atoms with Gasteiger partial charge in [-0.15, -0.1) is 11.3 Å². The van der Waals surface area contributed by atoms with Crippen LogP contribution >= 0.6 is 11.3 Å². The third-order valence-electron chi connectivity index (χ3n) is 4.87. The van der Waals surface area contributed by atoms with Crippen molar-refractivity contribution >= 4 is 17.2 Å². The van der Waals surface area contributed by atoms with Gasteiger partial charge in [0.15, 0.2) is 0 Å². The lowest BCUT2D eigenvalue weighted by Crippen LogP contribution is -2.26. The average molecular weight is 347 g/mol. The second-order valence-electron chi connectivity index (χ2n) is 6.69. The van der Waals surface area contributed by atoms with Crippen molar-refractivity contribution in [3.63, 3.8) is 0 Å². The first-order chi connectivity index (χ1) is 11.5. The fraction of sp³-hybridized carbons (Fsp3) is 0.611. The highest BCUT2D eigenvalue weighted by Crippen LogP contribution is 2.29. The van der Waals surface area contributed by atoms with Crippen LogP contribution in [-0.2, 0) is 31.1 Å². The van der Waals surface area contributed by atoms with Crippen molar-refractivity contribution in [1.82, 2.24) is 20.1 Å². The second kappa shape index (κ2) is 7.05. The summed E-state index contributed by atoms with van der Waals surface area (Å²) in [6.45, 7) is 6.08. The highest BCUT2D eigenvalue weighted by molar-refractivity contribution is 7.11. The quantitative estimate of drug-likeness (QED) is 0.904. The molecule has 0 bridgehead atoms. The van der Waals surface area contributed by atoms with E-state index in [9.17, 15) is 4.79 Å². The van der Waals surface area contributed by atoms with E-state index >= 15 is 0 Å². The number of aryl methyl sites for hydroxylation is 4. The smallest absolute Gasteiger partial charge is 0.220 e. The molecule has 0 spiro atoms. The van der Waals surface area contributed by atoms with E-state index in [0.717, 1.165) is 35.7 Å². The number of amides is 1. The number of hydrogen-bond acceptors (Lipinski definition) is 4. The number of fused-ring (bicyclic) bond motifs is 1. The molecule has 6 heteroatoms. The molecule has 130 valence electrons. The van der Waals surface area contributed by atoms with Gasteiger partial charge in [0.2, 0.25) is 5.91 Å². The summed E-state index contributed by atoms with van der Waals surface area (Å²) in [7, 11) is 1.94. The fourth-order valence-corrected chi connectivity index (χ4v) is 4.51. The van der Waals surface area contributed by atoms with Gasteiger partial charge in [0.05, 0.1) is 17.4 Å². The largest absolute Gasteiger partial charge is 0.347 e. The molecule has 1 aliphatic rings. The zero-order valence-electron chi connectivity index (χ0n) is 15.0. The standard InChI is InChI=1S/C18H26N4OS/c1-11-14(13(3)22(4)21-11)9-10-17(23)19-12(2)18-20-15-7-5-6-8-16(15)24-18/h12H,5-10H2,1-4H3,(H,19,23)/t12-/m1/s1. The van der Waals surface area contributed by atoms with Crippen LogP contribution in [0.1, 0.15) is 64.8 Å². The Morgan fingerprint density at radius 3 is 2.75 bits per heavy atom. The minimum atomic E-state index is -0.0100. The van der Waals surface area contributed by atoms with E-state index in [1.807, 2.05) is 25.6 Å². The summed E-state index contributed by atoms with van der Waals surface area (Å²) in [5.41, 5.74) is 4.60. The lowest BCUT2D eigenvalue weighted by molar-refractivity contribution is -0.121. The molecule has 24 heavy (non-hydrogen) atoms. The second-order valence-corrected chi connectivity index (χ2v) is 7.81. The van der Waals surface area contributed by atoms with Gasteiger partial charge in [0.25, 0.3) is 0 Å². The molecule has 1 amide bonds. The average Bonchev–Trinajstić information content (AvgIpc) is 3.08. The number of aromatic nitrogens is 3. The lowest BCUT2D eigenvalue weighted by Gasteiger charge is -2.11. The van der Waals surface area contributed by atoms with Gasteiger partial charge in [-0.1, -0.05) is 0 Å². The van der Waals surface area contributed by atoms with Crippen molar-refractivity contribution in [3.8, 4) is 0 Å². The topological polar surface area (TPSA) is 59.8 Å². The summed E-state index contributed by atoms with van der Waals surface area (Å²) in [6, 6.07) is -0.0100. The van der Waals surface area contributed by atoms with Gasteiger partial charge in [0, 0.05) is 24.0 Å². The highest BCUT2D eigenvalue weighted by atomic mass is 32.1. The lowest BCUT2D eigenvalue weighted by atomic mass is 10.0. The van der Waals surface area contributed by atoms with Crippen LogP contribution in [0.2, 0.25) is 0 Å². The van der Waals surface area contributed by atoms with E-state index in [2.05, 4.69) is 17.3 Å². The molecular weight excluding hydrogens is 320 g/mol. The predicted molar refractivity (Wildman–Crippen MR) is 96.3 cm³/mol. The van der Waals surface area contributed by atoms with Crippen LogP contribution in [0, 0.1) is 13.8 Å². The normalized spacial score (nSPS) is 15.2. The zero-order valence-corrected chi connectivity index (χ0v) is 15.8. The van der Waals surface area contributed by atoms with Crippen LogP contribution in [0.3, 0.4) is 0 Å². The van der Waals surface area contributed by atoms with Crippen molar-refractivity contribution in [1.29, 1.82) is 0 Å². The molecule has 0 aliphatic heterocycles. The monoisotopic (exact) mass is 346 g/mol. The van der Waals surface area contributed by atoms with E-state index in [1.165, 1.54) is 29.0 Å². The van der Waals surface area contributed by atoms with Gasteiger partial charge in [0.1, 0.15) is 5.01 Å². The maximum Gasteiger partial charge on any atom is 0.220 e. The predicted octanol–water partition coefficient (Wildman–Crippen LogP) is 3.18. The molecule has 0 saturated carbocycles. The van der Waals surface area contributed by atoms with Gasteiger partial charge in [-0.2, -0.15) is 5.10 Å². The number of carbonyl (C=O) groups is 1. The zero-order chi connectivity index (χ0) is 17.3. The number of hydrogen-bond donors (Lipinski definition) is 1.